The van der Waals surface area contributed by atoms with Crippen molar-refractivity contribution in [1.82, 2.24) is 29.6 Å². The summed E-state index contributed by atoms with van der Waals surface area (Å²) in [5.41, 5.74) is 3.18. The number of allylic oxidation sites excluding steroid dienone is 2. The number of nitrogens with zero attached hydrogens (tertiary/aromatic N) is 7. The molecule has 192 valence electrons. The molecule has 3 aromatic rings. The van der Waals surface area contributed by atoms with E-state index in [4.69, 9.17) is 4.99 Å². The van der Waals surface area contributed by atoms with Gasteiger partial charge in [-0.2, -0.15) is 15.5 Å². The number of amides is 1. The number of hydrogen-bond donors (Lipinski definition) is 2. The normalized spacial score (nSPS) is 15.6. The summed E-state index contributed by atoms with van der Waals surface area (Å²) in [4.78, 5) is 19.0. The molecule has 1 aliphatic heterocycles. The SMILES string of the molecule is C=C/C(=C\N=C(C)N1CCC(NC(=O)C(C)(C)O)CC1)c1cc(-c2cnn(C)c2)cn2ncc(C#N)c12. The zero-order valence-electron chi connectivity index (χ0n) is 21.6. The van der Waals surface area contributed by atoms with Gasteiger partial charge in [0.05, 0.1) is 23.5 Å². The third kappa shape index (κ3) is 5.62. The molecule has 0 saturated carbocycles. The summed E-state index contributed by atoms with van der Waals surface area (Å²) < 4.78 is 3.44. The Labute approximate surface area is 216 Å². The maximum Gasteiger partial charge on any atom is 0.251 e. The van der Waals surface area contributed by atoms with Crippen molar-refractivity contribution in [3.05, 3.63) is 60.8 Å². The van der Waals surface area contributed by atoms with Crippen molar-refractivity contribution in [2.45, 2.75) is 45.3 Å². The molecule has 0 bridgehead atoms. The van der Waals surface area contributed by atoms with Crippen molar-refractivity contribution in [1.29, 1.82) is 5.26 Å². The van der Waals surface area contributed by atoms with E-state index in [1.807, 2.05) is 32.4 Å². The number of rotatable bonds is 6. The van der Waals surface area contributed by atoms with E-state index in [-0.39, 0.29) is 11.9 Å². The number of fused-ring (bicyclic) bond motifs is 1. The predicted molar refractivity (Wildman–Crippen MR) is 142 cm³/mol. The molecule has 1 amide bonds. The fraction of sp³-hybridized carbons (Fsp3) is 0.370. The van der Waals surface area contributed by atoms with Crippen LogP contribution in [-0.2, 0) is 11.8 Å². The summed E-state index contributed by atoms with van der Waals surface area (Å²) in [6, 6.07) is 4.25. The molecular weight excluding hydrogens is 468 g/mol. The Morgan fingerprint density at radius 1 is 1.27 bits per heavy atom. The van der Waals surface area contributed by atoms with Crippen LogP contribution in [0.2, 0.25) is 0 Å². The molecule has 10 heteroatoms. The van der Waals surface area contributed by atoms with Gasteiger partial charge in [0.15, 0.2) is 0 Å². The van der Waals surface area contributed by atoms with Gasteiger partial charge in [0, 0.05) is 67.0 Å². The number of hydrogen-bond acceptors (Lipinski definition) is 6. The predicted octanol–water partition coefficient (Wildman–Crippen LogP) is 2.90. The quantitative estimate of drug-likeness (QED) is 0.305. The molecule has 0 radical (unpaired) electrons. The van der Waals surface area contributed by atoms with Crippen molar-refractivity contribution in [2.75, 3.05) is 13.1 Å². The lowest BCUT2D eigenvalue weighted by Gasteiger charge is -2.34. The second-order valence-corrected chi connectivity index (χ2v) is 9.77. The van der Waals surface area contributed by atoms with Gasteiger partial charge in [-0.05, 0) is 39.7 Å². The number of carbonyl (C=O) groups is 1. The Morgan fingerprint density at radius 3 is 2.59 bits per heavy atom. The highest BCUT2D eigenvalue weighted by molar-refractivity contribution is 5.90. The lowest BCUT2D eigenvalue weighted by molar-refractivity contribution is -0.137. The van der Waals surface area contributed by atoms with Crippen LogP contribution in [0.5, 0.6) is 0 Å². The Kier molecular flexibility index (Phi) is 7.27. The number of nitriles is 1. The molecule has 4 rings (SSSR count). The van der Waals surface area contributed by atoms with Crippen LogP contribution in [0.15, 0.2) is 54.7 Å². The number of nitrogens with one attached hydrogen (secondary N) is 1. The molecule has 10 nitrogen and oxygen atoms in total. The van der Waals surface area contributed by atoms with Crippen molar-refractivity contribution >= 4 is 22.8 Å². The molecule has 37 heavy (non-hydrogen) atoms. The fourth-order valence-electron chi connectivity index (χ4n) is 4.34. The minimum absolute atomic E-state index is 0.0250. The minimum atomic E-state index is -1.39. The van der Waals surface area contributed by atoms with Gasteiger partial charge in [-0.1, -0.05) is 12.7 Å². The molecule has 2 N–H and O–H groups in total. The summed E-state index contributed by atoms with van der Waals surface area (Å²) in [5, 5.41) is 31.1. The van der Waals surface area contributed by atoms with E-state index in [0.29, 0.717) is 11.1 Å². The number of piperidine rings is 1. The van der Waals surface area contributed by atoms with E-state index in [1.165, 1.54) is 13.8 Å². The Bertz CT molecular complexity index is 1420. The number of pyridine rings is 1. The van der Waals surface area contributed by atoms with Crippen LogP contribution >= 0.6 is 0 Å². The molecule has 1 aliphatic rings. The number of aliphatic imine (C=N–C) groups is 1. The van der Waals surface area contributed by atoms with Gasteiger partial charge in [0.2, 0.25) is 0 Å². The maximum atomic E-state index is 12.1. The second-order valence-electron chi connectivity index (χ2n) is 9.77. The third-order valence-electron chi connectivity index (χ3n) is 6.54. The number of likely N-dealkylation sites (tertiary alicyclic amines) is 1. The molecule has 3 aromatic heterocycles. The standard InChI is InChI=1S/C27H32N8O2/c1-6-19(13-29-18(2)34-9-7-23(8-10-34)32-26(36)27(3,4)37)24-11-20(22-15-30-33(5)16-22)17-35-25(24)21(12-28)14-31-35/h6,11,13-17,23,37H,1,7-10H2,2-5H3,(H,32,36)/b19-13+,29-18?. The molecule has 1 fully saturated rings. The van der Waals surface area contributed by atoms with E-state index in [9.17, 15) is 15.2 Å². The molecule has 0 unspecified atom stereocenters. The number of amidine groups is 1. The lowest BCUT2D eigenvalue weighted by atomic mass is 10.0. The number of aryl methyl sites for hydroxylation is 1. The number of aromatic nitrogens is 4. The van der Waals surface area contributed by atoms with Crippen LogP contribution in [0, 0.1) is 11.3 Å². The first-order valence-electron chi connectivity index (χ1n) is 12.2. The maximum absolute atomic E-state index is 12.1. The Hall–Kier alpha value is -4.23. The minimum Gasteiger partial charge on any atom is -0.381 e. The first-order valence-corrected chi connectivity index (χ1v) is 12.2. The summed E-state index contributed by atoms with van der Waals surface area (Å²) in [5.74, 6) is 0.492. The summed E-state index contributed by atoms with van der Waals surface area (Å²) in [6.07, 6.45) is 12.2. The zero-order valence-corrected chi connectivity index (χ0v) is 21.6. The number of aliphatic hydroxyl groups is 1. The van der Waals surface area contributed by atoms with Crippen LogP contribution in [0.4, 0.5) is 0 Å². The summed E-state index contributed by atoms with van der Waals surface area (Å²) in [6.45, 7) is 10.4. The highest BCUT2D eigenvalue weighted by Gasteiger charge is 2.28. The molecule has 4 heterocycles. The van der Waals surface area contributed by atoms with Gasteiger partial charge in [0.25, 0.3) is 5.91 Å². The average Bonchev–Trinajstić information content (AvgIpc) is 3.50. The van der Waals surface area contributed by atoms with Crippen LogP contribution < -0.4 is 5.32 Å². The highest BCUT2D eigenvalue weighted by Crippen LogP contribution is 2.30. The van der Waals surface area contributed by atoms with Gasteiger partial charge in [0.1, 0.15) is 17.5 Å². The van der Waals surface area contributed by atoms with Crippen LogP contribution in [0.1, 0.15) is 44.7 Å². The summed E-state index contributed by atoms with van der Waals surface area (Å²) in [7, 11) is 1.86. The van der Waals surface area contributed by atoms with Gasteiger partial charge in [-0.15, -0.1) is 0 Å². The van der Waals surface area contributed by atoms with Crippen molar-refractivity contribution < 1.29 is 9.90 Å². The lowest BCUT2D eigenvalue weighted by Crippen LogP contribution is -2.51. The van der Waals surface area contributed by atoms with Gasteiger partial charge >= 0.3 is 0 Å². The summed E-state index contributed by atoms with van der Waals surface area (Å²) >= 11 is 0. The van der Waals surface area contributed by atoms with E-state index < -0.39 is 5.60 Å². The second kappa shape index (κ2) is 10.4. The van der Waals surface area contributed by atoms with Crippen LogP contribution in [-0.4, -0.2) is 65.9 Å². The molecule has 0 aromatic carbocycles. The van der Waals surface area contributed by atoms with Crippen LogP contribution in [0.3, 0.4) is 0 Å². The van der Waals surface area contributed by atoms with Gasteiger partial charge in [-0.3, -0.25) is 9.48 Å². The van der Waals surface area contributed by atoms with E-state index in [2.05, 4.69) is 33.1 Å². The molecule has 0 aliphatic carbocycles. The average molecular weight is 501 g/mol. The smallest absolute Gasteiger partial charge is 0.251 e. The Morgan fingerprint density at radius 2 is 2.00 bits per heavy atom. The first kappa shape index (κ1) is 25.9. The number of carbonyl (C=O) groups excluding carboxylic acids is 1. The topological polar surface area (TPSA) is 124 Å². The Balaban J connectivity index is 1.59. The van der Waals surface area contributed by atoms with E-state index in [0.717, 1.165) is 54.0 Å². The van der Waals surface area contributed by atoms with Crippen LogP contribution in [0.25, 0.3) is 22.2 Å². The third-order valence-corrected chi connectivity index (χ3v) is 6.54. The fourth-order valence-corrected chi connectivity index (χ4v) is 4.34. The molecule has 0 spiro atoms. The highest BCUT2D eigenvalue weighted by atomic mass is 16.3. The molecular formula is C27H32N8O2. The molecule has 0 atom stereocenters. The van der Waals surface area contributed by atoms with Crippen molar-refractivity contribution in [2.24, 2.45) is 12.0 Å². The largest absolute Gasteiger partial charge is 0.381 e. The van der Waals surface area contributed by atoms with Crippen molar-refractivity contribution in [3.8, 4) is 17.2 Å². The monoisotopic (exact) mass is 500 g/mol. The first-order chi connectivity index (χ1) is 17.6. The van der Waals surface area contributed by atoms with Gasteiger partial charge in [-0.25, -0.2) is 9.51 Å². The van der Waals surface area contributed by atoms with Crippen molar-refractivity contribution in [3.63, 3.8) is 0 Å². The molecule has 1 saturated heterocycles. The zero-order chi connectivity index (χ0) is 26.7. The van der Waals surface area contributed by atoms with Gasteiger partial charge < -0.3 is 15.3 Å². The van der Waals surface area contributed by atoms with E-state index >= 15 is 0 Å². The van der Waals surface area contributed by atoms with E-state index in [1.54, 1.807) is 33.9 Å².